The Labute approximate surface area is 197 Å². The van der Waals surface area contributed by atoms with Crippen LogP contribution in [-0.4, -0.2) is 56.5 Å². The second-order valence-corrected chi connectivity index (χ2v) is 9.50. The van der Waals surface area contributed by atoms with Gasteiger partial charge in [0.1, 0.15) is 13.2 Å². The maximum Gasteiger partial charge on any atom is 0.233 e. The van der Waals surface area contributed by atoms with Gasteiger partial charge in [-0.25, -0.2) is 0 Å². The van der Waals surface area contributed by atoms with Crippen molar-refractivity contribution in [3.8, 4) is 17.2 Å². The van der Waals surface area contributed by atoms with Crippen molar-refractivity contribution in [1.29, 1.82) is 0 Å². The lowest BCUT2D eigenvalue weighted by atomic mass is 10.0. The van der Waals surface area contributed by atoms with Gasteiger partial charge in [0.2, 0.25) is 11.1 Å². The summed E-state index contributed by atoms with van der Waals surface area (Å²) in [6.07, 6.45) is 1.92. The minimum absolute atomic E-state index is 0.0495. The number of hydrogen-bond donors (Lipinski definition) is 0. The summed E-state index contributed by atoms with van der Waals surface area (Å²) < 4.78 is 13.0. The molecular weight excluding hydrogens is 438 g/mol. The van der Waals surface area contributed by atoms with Crippen LogP contribution in [0.5, 0.6) is 11.5 Å². The first-order chi connectivity index (χ1) is 16.1. The summed E-state index contributed by atoms with van der Waals surface area (Å²) in [5.74, 6) is 2.36. The van der Waals surface area contributed by atoms with E-state index in [1.165, 1.54) is 17.3 Å². The molecule has 8 nitrogen and oxygen atoms in total. The van der Waals surface area contributed by atoms with Crippen molar-refractivity contribution >= 4 is 17.7 Å². The number of fused-ring (bicyclic) bond motifs is 1. The van der Waals surface area contributed by atoms with E-state index < -0.39 is 0 Å². The molecule has 2 aromatic carbocycles. The normalized spacial score (nSPS) is 17.5. The van der Waals surface area contributed by atoms with Crippen molar-refractivity contribution in [3.05, 3.63) is 53.6 Å². The van der Waals surface area contributed by atoms with Gasteiger partial charge in [-0.1, -0.05) is 43.8 Å². The van der Waals surface area contributed by atoms with Crippen LogP contribution in [0.4, 0.5) is 0 Å². The number of amides is 1. The Kier molecular flexibility index (Phi) is 6.22. The molecule has 0 radical (unpaired) electrons. The summed E-state index contributed by atoms with van der Waals surface area (Å²) in [4.78, 5) is 15.1. The Balaban J connectivity index is 1.26. The van der Waals surface area contributed by atoms with E-state index in [4.69, 9.17) is 9.47 Å². The molecule has 172 valence electrons. The lowest BCUT2D eigenvalue weighted by Crippen LogP contribution is -2.32. The van der Waals surface area contributed by atoms with Crippen LogP contribution in [0.15, 0.2) is 47.6 Å². The molecule has 0 bridgehead atoms. The fourth-order valence-electron chi connectivity index (χ4n) is 4.32. The average Bonchev–Trinajstić information content (AvgIpc) is 3.52. The molecule has 0 aliphatic carbocycles. The third-order valence-corrected chi connectivity index (χ3v) is 7.00. The SMILES string of the molecule is CC(C)c1ccc(-n2nnnc2SCC(=O)N2CCC[C@@H]2c2ccc3c(c2)OCCO3)cc1. The zero-order chi connectivity index (χ0) is 22.8. The number of nitrogens with zero attached hydrogens (tertiary/aromatic N) is 5. The summed E-state index contributed by atoms with van der Waals surface area (Å²) in [6, 6.07) is 14.2. The topological polar surface area (TPSA) is 82.4 Å². The van der Waals surface area contributed by atoms with Gasteiger partial charge in [0.15, 0.2) is 11.5 Å². The van der Waals surface area contributed by atoms with E-state index in [9.17, 15) is 4.79 Å². The molecule has 1 amide bonds. The van der Waals surface area contributed by atoms with Gasteiger partial charge in [-0.3, -0.25) is 4.79 Å². The highest BCUT2D eigenvalue weighted by Crippen LogP contribution is 2.38. The summed E-state index contributed by atoms with van der Waals surface area (Å²) in [5, 5.41) is 12.7. The minimum atomic E-state index is 0.0495. The highest BCUT2D eigenvalue weighted by atomic mass is 32.2. The van der Waals surface area contributed by atoms with Crippen molar-refractivity contribution < 1.29 is 14.3 Å². The van der Waals surface area contributed by atoms with Crippen LogP contribution in [0.2, 0.25) is 0 Å². The van der Waals surface area contributed by atoms with Gasteiger partial charge in [0.25, 0.3) is 0 Å². The van der Waals surface area contributed by atoms with Crippen molar-refractivity contribution in [2.45, 2.75) is 43.8 Å². The first-order valence-corrected chi connectivity index (χ1v) is 12.3. The van der Waals surface area contributed by atoms with Crippen LogP contribution < -0.4 is 9.47 Å². The zero-order valence-electron chi connectivity index (χ0n) is 18.8. The number of likely N-dealkylation sites (tertiary alicyclic amines) is 1. The number of carbonyl (C=O) groups excluding carboxylic acids is 1. The molecule has 2 aliphatic heterocycles. The van der Waals surface area contributed by atoms with Crippen molar-refractivity contribution in [2.75, 3.05) is 25.5 Å². The Bertz CT molecular complexity index is 1130. The van der Waals surface area contributed by atoms with E-state index >= 15 is 0 Å². The van der Waals surface area contributed by atoms with Crippen LogP contribution in [0.25, 0.3) is 5.69 Å². The van der Waals surface area contributed by atoms with E-state index in [1.807, 2.05) is 35.2 Å². The molecule has 1 saturated heterocycles. The first kappa shape index (κ1) is 21.8. The van der Waals surface area contributed by atoms with E-state index in [1.54, 1.807) is 4.68 Å². The Morgan fingerprint density at radius 1 is 1.12 bits per heavy atom. The standard InChI is InChI=1S/C24H27N5O3S/c1-16(2)17-5-8-19(9-6-17)29-24(25-26-27-29)33-15-23(30)28-11-3-4-20(28)18-7-10-21-22(14-18)32-13-12-31-21/h5-10,14,16,20H,3-4,11-13,15H2,1-2H3/t20-/m1/s1. The van der Waals surface area contributed by atoms with Crippen LogP contribution >= 0.6 is 11.8 Å². The largest absolute Gasteiger partial charge is 0.486 e. The molecule has 3 heterocycles. The molecule has 0 N–H and O–H groups in total. The highest BCUT2D eigenvalue weighted by molar-refractivity contribution is 7.99. The van der Waals surface area contributed by atoms with Gasteiger partial charge >= 0.3 is 0 Å². The molecule has 33 heavy (non-hydrogen) atoms. The maximum atomic E-state index is 13.2. The molecule has 0 saturated carbocycles. The fourth-order valence-corrected chi connectivity index (χ4v) is 5.10. The van der Waals surface area contributed by atoms with Gasteiger partial charge in [-0.15, -0.1) is 5.10 Å². The Morgan fingerprint density at radius 3 is 2.70 bits per heavy atom. The van der Waals surface area contributed by atoms with Gasteiger partial charge in [-0.05, 0) is 64.6 Å². The molecular formula is C24H27N5O3S. The molecule has 0 unspecified atom stereocenters. The zero-order valence-corrected chi connectivity index (χ0v) is 19.6. The number of aromatic nitrogens is 4. The maximum absolute atomic E-state index is 13.2. The lowest BCUT2D eigenvalue weighted by molar-refractivity contribution is -0.129. The average molecular weight is 466 g/mol. The molecule has 3 aromatic rings. The van der Waals surface area contributed by atoms with Gasteiger partial charge < -0.3 is 14.4 Å². The number of rotatable bonds is 6. The van der Waals surface area contributed by atoms with Crippen LogP contribution in [0.1, 0.15) is 49.8 Å². The van der Waals surface area contributed by atoms with Crippen molar-refractivity contribution in [1.82, 2.24) is 25.1 Å². The van der Waals surface area contributed by atoms with E-state index in [0.717, 1.165) is 42.1 Å². The number of thioether (sulfide) groups is 1. The Morgan fingerprint density at radius 2 is 1.91 bits per heavy atom. The van der Waals surface area contributed by atoms with Gasteiger partial charge in [0.05, 0.1) is 17.5 Å². The third kappa shape index (κ3) is 4.55. The lowest BCUT2D eigenvalue weighted by Gasteiger charge is -2.26. The van der Waals surface area contributed by atoms with E-state index in [-0.39, 0.29) is 17.7 Å². The van der Waals surface area contributed by atoms with Crippen LogP contribution in [0, 0.1) is 0 Å². The summed E-state index contributed by atoms with van der Waals surface area (Å²) in [7, 11) is 0. The number of benzene rings is 2. The summed E-state index contributed by atoms with van der Waals surface area (Å²) in [5.41, 5.74) is 3.23. The summed E-state index contributed by atoms with van der Waals surface area (Å²) in [6.45, 7) is 6.19. The van der Waals surface area contributed by atoms with Crippen molar-refractivity contribution in [2.24, 2.45) is 0 Å². The highest BCUT2D eigenvalue weighted by Gasteiger charge is 2.31. The van der Waals surface area contributed by atoms with E-state index in [2.05, 4.69) is 41.5 Å². The summed E-state index contributed by atoms with van der Waals surface area (Å²) >= 11 is 1.37. The number of ether oxygens (including phenoxy) is 2. The second kappa shape index (κ2) is 9.43. The molecule has 9 heteroatoms. The molecule has 1 fully saturated rings. The number of hydrogen-bond acceptors (Lipinski definition) is 7. The molecule has 1 atom stereocenters. The van der Waals surface area contributed by atoms with Crippen LogP contribution in [-0.2, 0) is 4.79 Å². The minimum Gasteiger partial charge on any atom is -0.486 e. The second-order valence-electron chi connectivity index (χ2n) is 8.56. The fraction of sp³-hybridized carbons (Fsp3) is 0.417. The number of carbonyl (C=O) groups is 1. The smallest absolute Gasteiger partial charge is 0.233 e. The quantitative estimate of drug-likeness (QED) is 0.509. The predicted molar refractivity (Wildman–Crippen MR) is 125 cm³/mol. The van der Waals surface area contributed by atoms with Gasteiger partial charge in [-0.2, -0.15) is 4.68 Å². The molecule has 2 aliphatic rings. The van der Waals surface area contributed by atoms with E-state index in [0.29, 0.717) is 24.3 Å². The molecule has 5 rings (SSSR count). The Hall–Kier alpha value is -3.07. The van der Waals surface area contributed by atoms with Gasteiger partial charge in [0, 0.05) is 6.54 Å². The predicted octanol–water partition coefficient (Wildman–Crippen LogP) is 4.01. The van der Waals surface area contributed by atoms with Crippen molar-refractivity contribution in [3.63, 3.8) is 0 Å². The molecule has 0 spiro atoms. The number of tetrazole rings is 1. The van der Waals surface area contributed by atoms with Crippen LogP contribution in [0.3, 0.4) is 0 Å². The first-order valence-electron chi connectivity index (χ1n) is 11.3. The third-order valence-electron chi connectivity index (χ3n) is 6.09. The molecule has 1 aromatic heterocycles. The monoisotopic (exact) mass is 465 g/mol.